The van der Waals surface area contributed by atoms with Crippen LogP contribution in [0.3, 0.4) is 0 Å². The van der Waals surface area contributed by atoms with Gasteiger partial charge in [-0.05, 0) is 47.1 Å². The summed E-state index contributed by atoms with van der Waals surface area (Å²) in [5.41, 5.74) is 1.19. The number of ether oxygens (including phenoxy) is 2. The fourth-order valence-electron chi connectivity index (χ4n) is 3.19. The minimum absolute atomic E-state index is 0.00169. The van der Waals surface area contributed by atoms with Crippen LogP contribution >= 0.6 is 15.9 Å². The van der Waals surface area contributed by atoms with Crippen LogP contribution in [0, 0.1) is 0 Å². The molecule has 1 aliphatic heterocycles. The van der Waals surface area contributed by atoms with Crippen LogP contribution in [0.15, 0.2) is 46.9 Å². The van der Waals surface area contributed by atoms with Crippen LogP contribution in [0.25, 0.3) is 0 Å². The number of hydrogen-bond donors (Lipinski definition) is 0. The van der Waals surface area contributed by atoms with Gasteiger partial charge in [-0.3, -0.25) is 9.59 Å². The summed E-state index contributed by atoms with van der Waals surface area (Å²) in [5, 5.41) is 0. The summed E-state index contributed by atoms with van der Waals surface area (Å²) < 4.78 is 11.6. The minimum atomic E-state index is -0.0890. The van der Waals surface area contributed by atoms with E-state index in [1.54, 1.807) is 29.0 Å². The van der Waals surface area contributed by atoms with E-state index in [0.29, 0.717) is 59.9 Å². The molecule has 148 valence electrons. The molecule has 2 aromatic carbocycles. The van der Waals surface area contributed by atoms with Crippen LogP contribution < -0.4 is 9.47 Å². The highest BCUT2D eigenvalue weighted by molar-refractivity contribution is 9.10. The highest BCUT2D eigenvalue weighted by atomic mass is 79.9. The number of rotatable bonds is 5. The predicted octanol–water partition coefficient (Wildman–Crippen LogP) is 3.45. The van der Waals surface area contributed by atoms with Gasteiger partial charge in [0.25, 0.3) is 11.8 Å². The summed E-state index contributed by atoms with van der Waals surface area (Å²) in [4.78, 5) is 29.0. The monoisotopic (exact) mass is 446 g/mol. The van der Waals surface area contributed by atoms with Gasteiger partial charge in [0.15, 0.2) is 11.5 Å². The molecular formula is C21H23BrN2O4. The van der Waals surface area contributed by atoms with Crippen molar-refractivity contribution in [2.24, 2.45) is 0 Å². The molecule has 0 atom stereocenters. The normalized spacial score (nSPS) is 14.0. The van der Waals surface area contributed by atoms with Crippen LogP contribution in [0.2, 0.25) is 0 Å². The highest BCUT2D eigenvalue weighted by Gasteiger charge is 2.26. The van der Waals surface area contributed by atoms with Gasteiger partial charge in [0.2, 0.25) is 0 Å². The van der Waals surface area contributed by atoms with Gasteiger partial charge < -0.3 is 19.3 Å². The summed E-state index contributed by atoms with van der Waals surface area (Å²) in [5.74, 6) is 1.00. The maximum Gasteiger partial charge on any atom is 0.254 e. The quantitative estimate of drug-likeness (QED) is 0.705. The first kappa shape index (κ1) is 20.2. The van der Waals surface area contributed by atoms with Crippen molar-refractivity contribution in [2.45, 2.75) is 6.92 Å². The third-order valence-corrected chi connectivity index (χ3v) is 5.23. The van der Waals surface area contributed by atoms with Crippen LogP contribution in [-0.4, -0.2) is 61.5 Å². The standard InChI is InChI=1S/C21H23BrN2O4/c1-3-28-19-17(22)13-16(14-18(19)27-2)21(26)24-11-9-23(10-12-24)20(25)15-7-5-4-6-8-15/h4-8,13-14H,3,9-12H2,1-2H3. The van der Waals surface area contributed by atoms with Gasteiger partial charge in [-0.1, -0.05) is 18.2 Å². The number of carbonyl (C=O) groups excluding carboxylic acids is 2. The lowest BCUT2D eigenvalue weighted by Crippen LogP contribution is -2.50. The Kier molecular flexibility index (Phi) is 6.57. The van der Waals surface area contributed by atoms with Crippen molar-refractivity contribution < 1.29 is 19.1 Å². The van der Waals surface area contributed by atoms with Crippen LogP contribution in [0.4, 0.5) is 0 Å². The van der Waals surface area contributed by atoms with E-state index < -0.39 is 0 Å². The zero-order chi connectivity index (χ0) is 20.1. The molecule has 0 spiro atoms. The fourth-order valence-corrected chi connectivity index (χ4v) is 3.74. The summed E-state index contributed by atoms with van der Waals surface area (Å²) in [6.45, 7) is 4.39. The molecule has 0 aliphatic carbocycles. The molecule has 0 saturated carbocycles. The molecule has 2 aromatic rings. The maximum atomic E-state index is 12.9. The number of benzene rings is 2. The number of halogens is 1. The van der Waals surface area contributed by atoms with Crippen molar-refractivity contribution in [3.8, 4) is 11.5 Å². The topological polar surface area (TPSA) is 59.1 Å². The zero-order valence-electron chi connectivity index (χ0n) is 16.0. The van der Waals surface area contributed by atoms with E-state index in [4.69, 9.17) is 9.47 Å². The Labute approximate surface area is 173 Å². The molecule has 1 fully saturated rings. The lowest BCUT2D eigenvalue weighted by molar-refractivity contribution is 0.0535. The molecule has 0 N–H and O–H groups in total. The average molecular weight is 447 g/mol. The molecule has 28 heavy (non-hydrogen) atoms. The second-order valence-corrected chi connectivity index (χ2v) is 7.23. The van der Waals surface area contributed by atoms with E-state index in [1.807, 2.05) is 37.3 Å². The van der Waals surface area contributed by atoms with Gasteiger partial charge in [0, 0.05) is 37.3 Å². The molecule has 0 bridgehead atoms. The van der Waals surface area contributed by atoms with Crippen LogP contribution in [-0.2, 0) is 0 Å². The number of methoxy groups -OCH3 is 1. The van der Waals surface area contributed by atoms with Crippen molar-refractivity contribution in [3.05, 3.63) is 58.1 Å². The molecule has 3 rings (SSSR count). The van der Waals surface area contributed by atoms with Gasteiger partial charge in [-0.15, -0.1) is 0 Å². The largest absolute Gasteiger partial charge is 0.493 e. The summed E-state index contributed by atoms with van der Waals surface area (Å²) in [6.07, 6.45) is 0. The lowest BCUT2D eigenvalue weighted by Gasteiger charge is -2.35. The number of carbonyl (C=O) groups is 2. The van der Waals surface area contributed by atoms with E-state index >= 15 is 0 Å². The Bertz CT molecular complexity index is 849. The van der Waals surface area contributed by atoms with Crippen molar-refractivity contribution in [1.82, 2.24) is 9.80 Å². The van der Waals surface area contributed by atoms with Gasteiger partial charge >= 0.3 is 0 Å². The molecule has 0 aromatic heterocycles. The summed E-state index contributed by atoms with van der Waals surface area (Å²) >= 11 is 3.46. The summed E-state index contributed by atoms with van der Waals surface area (Å²) in [7, 11) is 1.55. The number of piperazine rings is 1. The van der Waals surface area contributed by atoms with E-state index in [-0.39, 0.29) is 11.8 Å². The van der Waals surface area contributed by atoms with E-state index in [0.717, 1.165) is 0 Å². The van der Waals surface area contributed by atoms with Gasteiger partial charge in [-0.25, -0.2) is 0 Å². The van der Waals surface area contributed by atoms with E-state index in [1.165, 1.54) is 0 Å². The molecule has 2 amide bonds. The fraction of sp³-hybridized carbons (Fsp3) is 0.333. The third kappa shape index (κ3) is 4.30. The molecule has 7 heteroatoms. The molecule has 0 unspecified atom stereocenters. The number of hydrogen-bond acceptors (Lipinski definition) is 4. The van der Waals surface area contributed by atoms with E-state index in [9.17, 15) is 9.59 Å². The Morgan fingerprint density at radius 2 is 1.54 bits per heavy atom. The molecule has 1 saturated heterocycles. The molecule has 1 aliphatic rings. The molecule has 0 radical (unpaired) electrons. The van der Waals surface area contributed by atoms with Crippen molar-refractivity contribution in [1.29, 1.82) is 0 Å². The first-order chi connectivity index (χ1) is 13.5. The molecule has 6 nitrogen and oxygen atoms in total. The minimum Gasteiger partial charge on any atom is -0.493 e. The number of nitrogens with zero attached hydrogens (tertiary/aromatic N) is 2. The maximum absolute atomic E-state index is 12.9. The molecule has 1 heterocycles. The van der Waals surface area contributed by atoms with Crippen molar-refractivity contribution in [3.63, 3.8) is 0 Å². The Morgan fingerprint density at radius 3 is 2.07 bits per heavy atom. The highest BCUT2D eigenvalue weighted by Crippen LogP contribution is 2.37. The van der Waals surface area contributed by atoms with Gasteiger partial charge in [-0.2, -0.15) is 0 Å². The van der Waals surface area contributed by atoms with Crippen molar-refractivity contribution in [2.75, 3.05) is 39.9 Å². The van der Waals surface area contributed by atoms with E-state index in [2.05, 4.69) is 15.9 Å². The smallest absolute Gasteiger partial charge is 0.254 e. The van der Waals surface area contributed by atoms with Gasteiger partial charge in [0.05, 0.1) is 18.2 Å². The van der Waals surface area contributed by atoms with Gasteiger partial charge in [0.1, 0.15) is 0 Å². The first-order valence-corrected chi connectivity index (χ1v) is 9.98. The first-order valence-electron chi connectivity index (χ1n) is 9.19. The number of amides is 2. The Hall–Kier alpha value is -2.54. The predicted molar refractivity (Wildman–Crippen MR) is 110 cm³/mol. The second-order valence-electron chi connectivity index (χ2n) is 6.37. The average Bonchev–Trinajstić information content (AvgIpc) is 2.74. The zero-order valence-corrected chi connectivity index (χ0v) is 17.6. The Morgan fingerprint density at radius 1 is 0.964 bits per heavy atom. The third-order valence-electron chi connectivity index (χ3n) is 4.64. The van der Waals surface area contributed by atoms with Crippen molar-refractivity contribution >= 4 is 27.7 Å². The summed E-state index contributed by atoms with van der Waals surface area (Å²) in [6, 6.07) is 12.6. The molecular weight excluding hydrogens is 424 g/mol. The van der Waals surface area contributed by atoms with Crippen LogP contribution in [0.1, 0.15) is 27.6 Å². The van der Waals surface area contributed by atoms with Crippen LogP contribution in [0.5, 0.6) is 11.5 Å². The SMILES string of the molecule is CCOc1c(Br)cc(C(=O)N2CCN(C(=O)c3ccccc3)CC2)cc1OC. The second kappa shape index (κ2) is 9.10. The lowest BCUT2D eigenvalue weighted by atomic mass is 10.1. The Balaban J connectivity index is 1.68.